The highest BCUT2D eigenvalue weighted by Crippen LogP contribution is 2.65. The molecule has 0 amide bonds. The third kappa shape index (κ3) is 12.2. The lowest BCUT2D eigenvalue weighted by atomic mass is 9.67. The minimum atomic E-state index is -0.479. The van der Waals surface area contributed by atoms with E-state index in [-0.39, 0.29) is 0 Å². The fraction of sp³-hybridized carbons (Fsp3) is 0.0168. The number of pyridine rings is 2. The Hall–Kier alpha value is -15.9. The summed E-state index contributed by atoms with van der Waals surface area (Å²) in [7, 11) is 0. The van der Waals surface area contributed by atoms with Crippen LogP contribution in [0.4, 0.5) is 0 Å². The summed E-state index contributed by atoms with van der Waals surface area (Å²) in [4.78, 5) is 41.1. The first-order valence-electron chi connectivity index (χ1n) is 43.4. The first-order chi connectivity index (χ1) is 63.4. The highest BCUT2D eigenvalue weighted by atomic mass is 32.2. The number of hydrogen-bond donors (Lipinski definition) is 0. The van der Waals surface area contributed by atoms with E-state index < -0.39 is 10.8 Å². The average Bonchev–Trinajstić information content (AvgIpc) is 1.47. The fourth-order valence-corrected chi connectivity index (χ4v) is 22.8. The summed E-state index contributed by atoms with van der Waals surface area (Å²) < 4.78 is 0. The highest BCUT2D eigenvalue weighted by Gasteiger charge is 2.52. The van der Waals surface area contributed by atoms with E-state index in [1.54, 1.807) is 0 Å². The summed E-state index contributed by atoms with van der Waals surface area (Å²) in [5.41, 5.74) is 33.0. The van der Waals surface area contributed by atoms with Gasteiger partial charge in [-0.3, -0.25) is 0 Å². The zero-order valence-corrected chi connectivity index (χ0v) is 70.7. The molecule has 2 aliphatic heterocycles. The fourth-order valence-electron chi connectivity index (χ4n) is 20.4. The van der Waals surface area contributed by atoms with E-state index >= 15 is 0 Å². The first kappa shape index (κ1) is 74.7. The van der Waals surface area contributed by atoms with Crippen LogP contribution < -0.4 is 0 Å². The van der Waals surface area contributed by atoms with Crippen molar-refractivity contribution in [1.82, 2.24) is 34.9 Å². The van der Waals surface area contributed by atoms with Crippen LogP contribution in [0.2, 0.25) is 0 Å². The maximum absolute atomic E-state index is 5.50. The lowest BCUT2D eigenvalue weighted by Crippen LogP contribution is -2.32. The molecular weight excluding hydrogens is 1590 g/mol. The van der Waals surface area contributed by atoms with Gasteiger partial charge in [0.25, 0.3) is 0 Å². The molecule has 0 N–H and O–H groups in total. The molecule has 0 radical (unpaired) electrons. The monoisotopic (exact) mass is 1660 g/mol. The number of rotatable bonds is 10. The van der Waals surface area contributed by atoms with Gasteiger partial charge in [0.15, 0.2) is 23.3 Å². The summed E-state index contributed by atoms with van der Waals surface area (Å²) in [5, 5.41) is 7.03. The van der Waals surface area contributed by atoms with Crippen molar-refractivity contribution in [2.75, 3.05) is 0 Å². The molecule has 22 aromatic rings. The van der Waals surface area contributed by atoms with E-state index in [0.717, 1.165) is 122 Å². The molecule has 2 aliphatic carbocycles. The van der Waals surface area contributed by atoms with Gasteiger partial charge in [-0.25, -0.2) is 34.9 Å². The van der Waals surface area contributed by atoms with Crippen molar-refractivity contribution in [3.05, 3.63) is 487 Å². The second-order valence-electron chi connectivity index (χ2n) is 33.2. The molecule has 0 atom stereocenters. The quantitative estimate of drug-likeness (QED) is 0.124. The molecule has 9 heteroatoms. The number of hydrogen-bond acceptors (Lipinski definition) is 9. The SMILES string of the molecule is c1ccc(-c2cc(-c3ccc(-c4cccc(-c5nc6ccccc6c6cc7c(cc56)C5(c6ccccc6S7)c6ccccc6-c6ccccc65)c4)cc3)nc(-c3ccccc3)n2)cc1.c1ccc(-c2nc(-c3ccccc3)nc(-c3ccc(-c4cccc(-c5nc6ccccc6c6cc7c(cc56)C5(c6ccccc6S7)c6ccccc6-c6ccccc65)c4)cc3)n2)cc1. The van der Waals surface area contributed by atoms with Gasteiger partial charge in [0, 0.05) is 85.6 Å². The molecule has 0 saturated heterocycles. The Balaban J connectivity index is 0.000000139. The lowest BCUT2D eigenvalue weighted by Gasteiger charge is -2.40. The topological polar surface area (TPSA) is 90.2 Å². The maximum Gasteiger partial charge on any atom is 0.164 e. The molecule has 7 nitrogen and oxygen atoms in total. The van der Waals surface area contributed by atoms with Crippen LogP contribution in [0.3, 0.4) is 0 Å². The minimum Gasteiger partial charge on any atom is -0.247 e. The van der Waals surface area contributed by atoms with Crippen molar-refractivity contribution < 1.29 is 0 Å². The van der Waals surface area contributed by atoms with Crippen LogP contribution in [0.1, 0.15) is 44.5 Å². The minimum absolute atomic E-state index is 0.474. The standard InChI is InChI=1S/C60H37N3S.C59H36N4S/c1-3-16-39(17-4-1)54-37-55(63-59(62-54)41-18-5-2-6-19-41)40-32-30-38(31-33-40)42-20-15-21-43(34-42)58-48-35-52-57(36-47(48)46-24-9-13-28-53(46)61-58)64-56-29-14-12-27-51(56)60(52)49-25-10-7-22-44(49)45-23-8-11-26-50(45)60;1-3-16-38(17-4-1)56-61-57(39-18-5-2-6-19-39)63-58(62-56)40-32-30-37(31-33-40)41-20-15-21-42(34-41)55-47-35-51-54(36-46(47)45-24-9-13-28-52(45)60-55)64-53-29-14-12-27-50(53)59(51)48-25-10-7-22-43(48)44-23-8-11-26-49(44)59/h1-37H;1-36H. The van der Waals surface area contributed by atoms with Crippen molar-refractivity contribution in [1.29, 1.82) is 0 Å². The molecule has 6 heterocycles. The van der Waals surface area contributed by atoms with E-state index in [9.17, 15) is 0 Å². The molecule has 0 saturated carbocycles. The molecule has 4 aliphatic rings. The van der Waals surface area contributed by atoms with Crippen LogP contribution in [0.25, 0.3) is 178 Å². The molecule has 2 spiro atoms. The predicted molar refractivity (Wildman–Crippen MR) is 525 cm³/mol. The summed E-state index contributed by atoms with van der Waals surface area (Å²) in [5.74, 6) is 2.63. The molecule has 0 fully saturated rings. The van der Waals surface area contributed by atoms with Crippen molar-refractivity contribution in [3.63, 3.8) is 0 Å². The molecule has 0 unspecified atom stereocenters. The third-order valence-electron chi connectivity index (χ3n) is 26.1. The van der Waals surface area contributed by atoms with Gasteiger partial charge in [-0.1, -0.05) is 400 Å². The lowest BCUT2D eigenvalue weighted by molar-refractivity contribution is 0.724. The Bertz CT molecular complexity index is 7560. The third-order valence-corrected chi connectivity index (χ3v) is 28.4. The van der Waals surface area contributed by atoms with Gasteiger partial charge in [-0.15, -0.1) is 0 Å². The van der Waals surface area contributed by atoms with Gasteiger partial charge in [0.2, 0.25) is 0 Å². The van der Waals surface area contributed by atoms with Crippen molar-refractivity contribution in [3.8, 4) is 135 Å². The van der Waals surface area contributed by atoms with Crippen LogP contribution in [-0.4, -0.2) is 34.9 Å². The van der Waals surface area contributed by atoms with Gasteiger partial charge < -0.3 is 0 Å². The van der Waals surface area contributed by atoms with Gasteiger partial charge in [-0.05, 0) is 167 Å². The van der Waals surface area contributed by atoms with E-state index in [1.807, 2.05) is 108 Å². The highest BCUT2D eigenvalue weighted by molar-refractivity contribution is 7.99. The predicted octanol–water partition coefficient (Wildman–Crippen LogP) is 30.1. The molecule has 128 heavy (non-hydrogen) atoms. The second-order valence-corrected chi connectivity index (χ2v) is 35.3. The molecule has 596 valence electrons. The Morgan fingerprint density at radius 2 is 0.445 bits per heavy atom. The first-order valence-corrected chi connectivity index (χ1v) is 45.0. The van der Waals surface area contributed by atoms with Gasteiger partial charge in [0.05, 0.1) is 44.6 Å². The van der Waals surface area contributed by atoms with Gasteiger partial charge in [-0.2, -0.15) is 0 Å². The van der Waals surface area contributed by atoms with Gasteiger partial charge >= 0.3 is 0 Å². The zero-order chi connectivity index (χ0) is 84.4. The number of para-hydroxylation sites is 2. The van der Waals surface area contributed by atoms with Crippen LogP contribution in [0.15, 0.2) is 462 Å². The molecular formula is C119H73N7S2. The molecule has 18 aromatic carbocycles. The Kier molecular flexibility index (Phi) is 17.8. The zero-order valence-electron chi connectivity index (χ0n) is 69.1. The molecule has 4 aromatic heterocycles. The molecule has 26 rings (SSSR count). The average molecular weight is 1670 g/mol. The summed E-state index contributed by atoms with van der Waals surface area (Å²) in [6.07, 6.45) is 0. The van der Waals surface area contributed by atoms with Crippen LogP contribution >= 0.6 is 23.5 Å². The smallest absolute Gasteiger partial charge is 0.164 e. The largest absolute Gasteiger partial charge is 0.247 e. The van der Waals surface area contributed by atoms with E-state index in [0.29, 0.717) is 23.3 Å². The summed E-state index contributed by atoms with van der Waals surface area (Å²) in [6.45, 7) is 0. The molecule has 0 bridgehead atoms. The van der Waals surface area contributed by atoms with Crippen LogP contribution in [0, 0.1) is 0 Å². The number of benzene rings is 18. The van der Waals surface area contributed by atoms with E-state index in [2.05, 4.69) is 358 Å². The Morgan fingerprint density at radius 3 is 0.844 bits per heavy atom. The van der Waals surface area contributed by atoms with Crippen LogP contribution in [0.5, 0.6) is 0 Å². The number of nitrogens with zero attached hydrogens (tertiary/aromatic N) is 7. The second kappa shape index (κ2) is 30.5. The maximum atomic E-state index is 5.50. The van der Waals surface area contributed by atoms with E-state index in [1.165, 1.54) is 97.1 Å². The van der Waals surface area contributed by atoms with E-state index in [4.69, 9.17) is 34.9 Å². The number of aromatic nitrogens is 7. The normalized spacial score (nSPS) is 13.1. The van der Waals surface area contributed by atoms with Crippen molar-refractivity contribution >= 4 is 66.9 Å². The van der Waals surface area contributed by atoms with Crippen molar-refractivity contribution in [2.45, 2.75) is 30.4 Å². The Labute approximate surface area is 749 Å². The Morgan fingerprint density at radius 1 is 0.156 bits per heavy atom. The summed E-state index contributed by atoms with van der Waals surface area (Å²) in [6, 6.07) is 159. The van der Waals surface area contributed by atoms with Gasteiger partial charge in [0.1, 0.15) is 0 Å². The number of fused-ring (bicyclic) bond motifs is 24. The summed E-state index contributed by atoms with van der Waals surface area (Å²) >= 11 is 3.77. The van der Waals surface area contributed by atoms with Crippen LogP contribution in [-0.2, 0) is 10.8 Å². The van der Waals surface area contributed by atoms with Crippen molar-refractivity contribution in [2.24, 2.45) is 0 Å².